The summed E-state index contributed by atoms with van der Waals surface area (Å²) in [5.41, 5.74) is 0. The predicted octanol–water partition coefficient (Wildman–Crippen LogP) is 0.437. The van der Waals surface area contributed by atoms with Crippen molar-refractivity contribution < 1.29 is 27.5 Å². The number of cyclic esters (lactones) is 1. The van der Waals surface area contributed by atoms with Crippen LogP contribution in [-0.2, 0) is 19.6 Å². The van der Waals surface area contributed by atoms with Crippen molar-refractivity contribution in [2.45, 2.75) is 17.4 Å². The number of rotatable bonds is 4. The van der Waals surface area contributed by atoms with Crippen LogP contribution in [0.3, 0.4) is 0 Å². The lowest BCUT2D eigenvalue weighted by Gasteiger charge is -2.21. The van der Waals surface area contributed by atoms with E-state index in [4.69, 9.17) is 4.74 Å². The first-order valence-electron chi connectivity index (χ1n) is 7.07. The maximum Gasteiger partial charge on any atom is 0.417 e. The van der Waals surface area contributed by atoms with Crippen LogP contribution < -0.4 is 4.74 Å². The highest BCUT2D eigenvalue weighted by Crippen LogP contribution is 2.30. The van der Waals surface area contributed by atoms with E-state index in [0.29, 0.717) is 6.42 Å². The lowest BCUT2D eigenvalue weighted by atomic mass is 10.2. The van der Waals surface area contributed by atoms with Gasteiger partial charge in [0.25, 0.3) is 5.91 Å². The molecule has 2 aliphatic rings. The SMILES string of the molecule is COc1ccccc1S(=O)(=O)N1CCC(N2C(=O)COC2=O)C1. The van der Waals surface area contributed by atoms with Gasteiger partial charge in [-0.25, -0.2) is 18.1 Å². The molecule has 2 saturated heterocycles. The fourth-order valence-electron chi connectivity index (χ4n) is 2.83. The molecule has 0 saturated carbocycles. The average molecular weight is 340 g/mol. The van der Waals surface area contributed by atoms with Crippen molar-refractivity contribution in [3.8, 4) is 5.75 Å². The molecule has 1 atom stereocenters. The summed E-state index contributed by atoms with van der Waals surface area (Å²) >= 11 is 0. The monoisotopic (exact) mass is 340 g/mol. The van der Waals surface area contributed by atoms with Crippen molar-refractivity contribution in [1.29, 1.82) is 0 Å². The maximum absolute atomic E-state index is 12.8. The molecule has 23 heavy (non-hydrogen) atoms. The molecule has 0 radical (unpaired) electrons. The molecular weight excluding hydrogens is 324 g/mol. The number of hydrogen-bond donors (Lipinski definition) is 0. The third-order valence-corrected chi connectivity index (χ3v) is 5.87. The van der Waals surface area contributed by atoms with E-state index < -0.39 is 28.1 Å². The molecule has 2 heterocycles. The van der Waals surface area contributed by atoms with Crippen molar-refractivity contribution in [3.63, 3.8) is 0 Å². The fourth-order valence-corrected chi connectivity index (χ4v) is 4.48. The second-order valence-electron chi connectivity index (χ2n) is 5.27. The van der Waals surface area contributed by atoms with Crippen LogP contribution in [0, 0.1) is 0 Å². The number of carbonyl (C=O) groups is 2. The molecular formula is C14H16N2O6S. The van der Waals surface area contributed by atoms with Crippen LogP contribution >= 0.6 is 0 Å². The van der Waals surface area contributed by atoms with Gasteiger partial charge in [0, 0.05) is 13.1 Å². The Kier molecular flexibility index (Phi) is 3.99. The maximum atomic E-state index is 12.8. The standard InChI is InChI=1S/C14H16N2O6S/c1-21-11-4-2-3-5-12(11)23(19,20)15-7-6-10(8-15)16-13(17)9-22-14(16)18/h2-5,10H,6-9H2,1H3. The summed E-state index contributed by atoms with van der Waals surface area (Å²) in [6.45, 7) is -0.00206. The van der Waals surface area contributed by atoms with Gasteiger partial charge in [0.05, 0.1) is 13.2 Å². The number of benzene rings is 1. The zero-order valence-electron chi connectivity index (χ0n) is 12.5. The summed E-state index contributed by atoms with van der Waals surface area (Å²) in [7, 11) is -2.36. The van der Waals surface area contributed by atoms with Crippen LogP contribution in [-0.4, -0.2) is 62.5 Å². The molecule has 2 aliphatic heterocycles. The second-order valence-corrected chi connectivity index (χ2v) is 7.18. The molecule has 0 spiro atoms. The van der Waals surface area contributed by atoms with Gasteiger partial charge in [-0.15, -0.1) is 0 Å². The van der Waals surface area contributed by atoms with Gasteiger partial charge in [-0.3, -0.25) is 4.79 Å². The molecule has 0 N–H and O–H groups in total. The summed E-state index contributed by atoms with van der Waals surface area (Å²) in [6, 6.07) is 5.84. The topological polar surface area (TPSA) is 93.2 Å². The molecule has 9 heteroatoms. The van der Waals surface area contributed by atoms with Crippen LogP contribution in [0.2, 0.25) is 0 Å². The van der Waals surface area contributed by atoms with Gasteiger partial charge >= 0.3 is 6.09 Å². The van der Waals surface area contributed by atoms with E-state index in [2.05, 4.69) is 4.74 Å². The summed E-state index contributed by atoms with van der Waals surface area (Å²) in [6.07, 6.45) is -0.327. The summed E-state index contributed by atoms with van der Waals surface area (Å²) in [5.74, 6) is -0.177. The van der Waals surface area contributed by atoms with Gasteiger partial charge in [-0.1, -0.05) is 12.1 Å². The highest BCUT2D eigenvalue weighted by atomic mass is 32.2. The van der Waals surface area contributed by atoms with Gasteiger partial charge in [-0.2, -0.15) is 4.31 Å². The number of ether oxygens (including phenoxy) is 2. The first-order chi connectivity index (χ1) is 10.9. The number of para-hydroxylation sites is 1. The Labute approximate surface area is 133 Å². The fraction of sp³-hybridized carbons (Fsp3) is 0.429. The van der Waals surface area contributed by atoms with Crippen molar-refractivity contribution in [2.24, 2.45) is 0 Å². The minimum Gasteiger partial charge on any atom is -0.495 e. The third-order valence-electron chi connectivity index (χ3n) is 3.96. The number of hydrogen-bond acceptors (Lipinski definition) is 6. The molecule has 1 unspecified atom stereocenters. The van der Waals surface area contributed by atoms with E-state index in [1.165, 1.54) is 17.5 Å². The zero-order chi connectivity index (χ0) is 16.6. The van der Waals surface area contributed by atoms with E-state index in [1.54, 1.807) is 18.2 Å². The van der Waals surface area contributed by atoms with Gasteiger partial charge in [0.15, 0.2) is 6.61 Å². The summed E-state index contributed by atoms with van der Waals surface area (Å²) in [5, 5.41) is 0. The lowest BCUT2D eigenvalue weighted by Crippen LogP contribution is -2.42. The molecule has 8 nitrogen and oxygen atoms in total. The largest absolute Gasteiger partial charge is 0.495 e. The second kappa shape index (κ2) is 5.82. The van der Waals surface area contributed by atoms with Crippen LogP contribution in [0.15, 0.2) is 29.2 Å². The van der Waals surface area contributed by atoms with Crippen molar-refractivity contribution >= 4 is 22.0 Å². The highest BCUT2D eigenvalue weighted by Gasteiger charge is 2.43. The van der Waals surface area contributed by atoms with E-state index in [9.17, 15) is 18.0 Å². The molecule has 2 amide bonds. The van der Waals surface area contributed by atoms with Crippen molar-refractivity contribution in [1.82, 2.24) is 9.21 Å². The Balaban J connectivity index is 1.83. The lowest BCUT2D eigenvalue weighted by molar-refractivity contribution is -0.127. The van der Waals surface area contributed by atoms with Crippen LogP contribution in [0.4, 0.5) is 4.79 Å². The quantitative estimate of drug-likeness (QED) is 0.789. The van der Waals surface area contributed by atoms with Gasteiger partial charge in [0.2, 0.25) is 10.0 Å². The zero-order valence-corrected chi connectivity index (χ0v) is 13.3. The number of methoxy groups -OCH3 is 1. The predicted molar refractivity (Wildman–Crippen MR) is 78.4 cm³/mol. The third kappa shape index (κ3) is 2.66. The normalized spacial score (nSPS) is 22.5. The molecule has 0 aliphatic carbocycles. The Morgan fingerprint density at radius 2 is 2.00 bits per heavy atom. The van der Waals surface area contributed by atoms with E-state index in [1.807, 2.05) is 0 Å². The number of nitrogens with zero attached hydrogens (tertiary/aromatic N) is 2. The number of imide groups is 1. The molecule has 1 aromatic rings. The number of amides is 2. The summed E-state index contributed by atoms with van der Waals surface area (Å²) in [4.78, 5) is 24.4. The Hall–Kier alpha value is -2.13. The highest BCUT2D eigenvalue weighted by molar-refractivity contribution is 7.89. The average Bonchev–Trinajstić information content (AvgIpc) is 3.14. The Bertz CT molecular complexity index is 731. The van der Waals surface area contributed by atoms with E-state index >= 15 is 0 Å². The van der Waals surface area contributed by atoms with E-state index in [-0.39, 0.29) is 30.3 Å². The minimum atomic E-state index is -3.76. The Morgan fingerprint density at radius 1 is 1.26 bits per heavy atom. The van der Waals surface area contributed by atoms with Crippen LogP contribution in [0.25, 0.3) is 0 Å². The smallest absolute Gasteiger partial charge is 0.417 e. The molecule has 0 bridgehead atoms. The first-order valence-corrected chi connectivity index (χ1v) is 8.51. The molecule has 0 aromatic heterocycles. The first kappa shape index (κ1) is 15.8. The summed E-state index contributed by atoms with van der Waals surface area (Å²) < 4.78 is 36.6. The number of sulfonamides is 1. The van der Waals surface area contributed by atoms with Crippen LogP contribution in [0.1, 0.15) is 6.42 Å². The Morgan fingerprint density at radius 3 is 2.65 bits per heavy atom. The molecule has 3 rings (SSSR count). The van der Waals surface area contributed by atoms with Crippen LogP contribution in [0.5, 0.6) is 5.75 Å². The minimum absolute atomic E-state index is 0.0568. The van der Waals surface area contributed by atoms with Crippen molar-refractivity contribution in [2.75, 3.05) is 26.8 Å². The molecule has 2 fully saturated rings. The van der Waals surface area contributed by atoms with Gasteiger partial charge in [-0.05, 0) is 18.6 Å². The van der Waals surface area contributed by atoms with E-state index in [0.717, 1.165) is 4.90 Å². The van der Waals surface area contributed by atoms with Gasteiger partial charge < -0.3 is 9.47 Å². The van der Waals surface area contributed by atoms with Gasteiger partial charge in [0.1, 0.15) is 10.6 Å². The molecule has 124 valence electrons. The van der Waals surface area contributed by atoms with Crippen molar-refractivity contribution in [3.05, 3.63) is 24.3 Å². The molecule has 1 aromatic carbocycles. The number of carbonyl (C=O) groups excluding carboxylic acids is 2.